The zero-order chi connectivity index (χ0) is 17.8. The van der Waals surface area contributed by atoms with Gasteiger partial charge in [-0.3, -0.25) is 4.79 Å². The van der Waals surface area contributed by atoms with E-state index in [1.165, 1.54) is 7.11 Å². The molecule has 0 fully saturated rings. The van der Waals surface area contributed by atoms with Crippen LogP contribution < -0.4 is 15.2 Å². The smallest absolute Gasteiger partial charge is 0.196 e. The Bertz CT molecular complexity index is 904. The largest absolute Gasteiger partial charge is 0.492 e. The van der Waals surface area contributed by atoms with Crippen molar-refractivity contribution in [1.82, 2.24) is 0 Å². The molecular formula is C21H19NO3. The van der Waals surface area contributed by atoms with Crippen LogP contribution in [0.5, 0.6) is 11.5 Å². The first-order chi connectivity index (χ1) is 12.2. The quantitative estimate of drug-likeness (QED) is 0.562. The molecule has 126 valence electrons. The summed E-state index contributed by atoms with van der Waals surface area (Å²) in [6.07, 6.45) is 0. The zero-order valence-electron chi connectivity index (χ0n) is 14.2. The van der Waals surface area contributed by atoms with Gasteiger partial charge in [-0.05, 0) is 18.2 Å². The van der Waals surface area contributed by atoms with Crippen molar-refractivity contribution in [3.63, 3.8) is 0 Å². The number of carbonyl (C=O) groups excluding carboxylic acids is 1. The van der Waals surface area contributed by atoms with E-state index >= 15 is 0 Å². The molecule has 0 radical (unpaired) electrons. The first-order valence-corrected chi connectivity index (χ1v) is 7.87. The minimum absolute atomic E-state index is 0.122. The fourth-order valence-corrected chi connectivity index (χ4v) is 2.85. The van der Waals surface area contributed by atoms with Gasteiger partial charge < -0.3 is 15.2 Å². The molecule has 0 bridgehead atoms. The van der Waals surface area contributed by atoms with Gasteiger partial charge >= 0.3 is 0 Å². The van der Waals surface area contributed by atoms with Crippen LogP contribution in [0.3, 0.4) is 0 Å². The van der Waals surface area contributed by atoms with Crippen LogP contribution in [-0.4, -0.2) is 20.0 Å². The van der Waals surface area contributed by atoms with Gasteiger partial charge in [0.1, 0.15) is 0 Å². The van der Waals surface area contributed by atoms with Gasteiger partial charge in [0.05, 0.1) is 19.8 Å². The normalized spacial score (nSPS) is 10.3. The summed E-state index contributed by atoms with van der Waals surface area (Å²) in [6.45, 7) is 0. The molecule has 0 aliphatic rings. The van der Waals surface area contributed by atoms with Crippen LogP contribution in [0.15, 0.2) is 66.7 Å². The van der Waals surface area contributed by atoms with Crippen LogP contribution in [0.4, 0.5) is 5.69 Å². The molecule has 0 spiro atoms. The number of hydrogen-bond acceptors (Lipinski definition) is 4. The van der Waals surface area contributed by atoms with Gasteiger partial charge in [0, 0.05) is 22.4 Å². The number of anilines is 1. The number of ketones is 1. The minimum atomic E-state index is -0.122. The van der Waals surface area contributed by atoms with Gasteiger partial charge in [-0.25, -0.2) is 0 Å². The molecule has 0 aliphatic heterocycles. The first kappa shape index (κ1) is 16.6. The molecule has 0 unspecified atom stereocenters. The Balaban J connectivity index is 2.18. The Morgan fingerprint density at radius 1 is 0.760 bits per heavy atom. The van der Waals surface area contributed by atoms with E-state index in [0.717, 1.165) is 11.1 Å². The van der Waals surface area contributed by atoms with Crippen LogP contribution >= 0.6 is 0 Å². The Hall–Kier alpha value is -3.27. The number of methoxy groups -OCH3 is 2. The second kappa shape index (κ2) is 7.09. The van der Waals surface area contributed by atoms with Crippen molar-refractivity contribution in [2.75, 3.05) is 20.0 Å². The highest BCUT2D eigenvalue weighted by molar-refractivity contribution is 6.11. The lowest BCUT2D eigenvalue weighted by atomic mass is 9.96. The van der Waals surface area contributed by atoms with Crippen molar-refractivity contribution in [3.05, 3.63) is 77.9 Å². The van der Waals surface area contributed by atoms with Crippen molar-refractivity contribution in [2.24, 2.45) is 0 Å². The SMILES string of the molecule is COc1c(C(=O)c2ccccc2)ccc(-c2ccccc2N)c1OC. The Morgan fingerprint density at radius 2 is 1.40 bits per heavy atom. The van der Waals surface area contributed by atoms with E-state index in [2.05, 4.69) is 0 Å². The van der Waals surface area contributed by atoms with Gasteiger partial charge in [0.15, 0.2) is 17.3 Å². The second-order valence-corrected chi connectivity index (χ2v) is 5.51. The molecule has 0 aromatic heterocycles. The molecule has 0 saturated carbocycles. The molecule has 3 rings (SSSR count). The second-order valence-electron chi connectivity index (χ2n) is 5.51. The molecule has 3 aromatic carbocycles. The molecule has 2 N–H and O–H groups in total. The summed E-state index contributed by atoms with van der Waals surface area (Å²) >= 11 is 0. The fourth-order valence-electron chi connectivity index (χ4n) is 2.85. The molecule has 0 saturated heterocycles. The average molecular weight is 333 g/mol. The number of para-hydroxylation sites is 1. The standard InChI is InChI=1S/C21H19NO3/c1-24-20-16(15-10-6-7-11-18(15)22)12-13-17(21(20)25-2)19(23)14-8-4-3-5-9-14/h3-13H,22H2,1-2H3. The lowest BCUT2D eigenvalue weighted by molar-refractivity contribution is 0.103. The van der Waals surface area contributed by atoms with E-state index in [0.29, 0.717) is 28.3 Å². The maximum absolute atomic E-state index is 12.8. The number of nitrogens with two attached hydrogens (primary N) is 1. The van der Waals surface area contributed by atoms with Gasteiger partial charge in [-0.1, -0.05) is 48.5 Å². The van der Waals surface area contributed by atoms with Gasteiger partial charge in [-0.15, -0.1) is 0 Å². The van der Waals surface area contributed by atoms with Crippen LogP contribution in [0.25, 0.3) is 11.1 Å². The lowest BCUT2D eigenvalue weighted by Gasteiger charge is -2.17. The number of hydrogen-bond donors (Lipinski definition) is 1. The molecular weight excluding hydrogens is 314 g/mol. The summed E-state index contributed by atoms with van der Waals surface area (Å²) in [5.74, 6) is 0.766. The number of rotatable bonds is 5. The summed E-state index contributed by atoms with van der Waals surface area (Å²) in [7, 11) is 3.08. The maximum Gasteiger partial charge on any atom is 0.196 e. The molecule has 4 nitrogen and oxygen atoms in total. The highest BCUT2D eigenvalue weighted by Gasteiger charge is 2.22. The Labute approximate surface area is 146 Å². The van der Waals surface area contributed by atoms with Crippen molar-refractivity contribution in [3.8, 4) is 22.6 Å². The Morgan fingerprint density at radius 3 is 2.04 bits per heavy atom. The van der Waals surface area contributed by atoms with Gasteiger partial charge in [0.2, 0.25) is 0 Å². The molecule has 4 heteroatoms. The fraction of sp³-hybridized carbons (Fsp3) is 0.0952. The van der Waals surface area contributed by atoms with E-state index in [-0.39, 0.29) is 5.78 Å². The van der Waals surface area contributed by atoms with Crippen LogP contribution in [0, 0.1) is 0 Å². The molecule has 0 aliphatic carbocycles. The molecule has 25 heavy (non-hydrogen) atoms. The number of nitrogen functional groups attached to an aromatic ring is 1. The van der Waals surface area contributed by atoms with E-state index in [9.17, 15) is 4.79 Å². The summed E-state index contributed by atoms with van der Waals surface area (Å²) < 4.78 is 11.1. The third kappa shape index (κ3) is 3.06. The van der Waals surface area contributed by atoms with Crippen LogP contribution in [-0.2, 0) is 0 Å². The molecule has 3 aromatic rings. The van der Waals surface area contributed by atoms with E-state index in [1.807, 2.05) is 48.5 Å². The molecule has 0 amide bonds. The summed E-state index contributed by atoms with van der Waals surface area (Å²) in [6, 6.07) is 20.2. The number of carbonyl (C=O) groups is 1. The van der Waals surface area contributed by atoms with Crippen LogP contribution in [0.2, 0.25) is 0 Å². The Kier molecular flexibility index (Phi) is 4.70. The first-order valence-electron chi connectivity index (χ1n) is 7.87. The summed E-state index contributed by atoms with van der Waals surface area (Å²) in [5.41, 5.74) is 9.37. The average Bonchev–Trinajstić information content (AvgIpc) is 2.67. The van der Waals surface area contributed by atoms with Crippen LogP contribution in [0.1, 0.15) is 15.9 Å². The molecule has 0 heterocycles. The van der Waals surface area contributed by atoms with E-state index < -0.39 is 0 Å². The predicted octanol–water partition coefficient (Wildman–Crippen LogP) is 4.18. The van der Waals surface area contributed by atoms with Gasteiger partial charge in [-0.2, -0.15) is 0 Å². The van der Waals surface area contributed by atoms with Crippen molar-refractivity contribution < 1.29 is 14.3 Å². The van der Waals surface area contributed by atoms with Crippen molar-refractivity contribution in [1.29, 1.82) is 0 Å². The highest BCUT2D eigenvalue weighted by atomic mass is 16.5. The minimum Gasteiger partial charge on any atom is -0.492 e. The lowest BCUT2D eigenvalue weighted by Crippen LogP contribution is -2.06. The zero-order valence-corrected chi connectivity index (χ0v) is 14.2. The number of ether oxygens (including phenoxy) is 2. The van der Waals surface area contributed by atoms with Gasteiger partial charge in [0.25, 0.3) is 0 Å². The third-order valence-corrected chi connectivity index (χ3v) is 4.05. The predicted molar refractivity (Wildman–Crippen MR) is 99.3 cm³/mol. The monoisotopic (exact) mass is 333 g/mol. The summed E-state index contributed by atoms with van der Waals surface area (Å²) in [4.78, 5) is 12.8. The number of benzene rings is 3. The van der Waals surface area contributed by atoms with Crippen molar-refractivity contribution >= 4 is 11.5 Å². The maximum atomic E-state index is 12.8. The third-order valence-electron chi connectivity index (χ3n) is 4.05. The van der Waals surface area contributed by atoms with Crippen molar-refractivity contribution in [2.45, 2.75) is 0 Å². The highest BCUT2D eigenvalue weighted by Crippen LogP contribution is 2.42. The summed E-state index contributed by atoms with van der Waals surface area (Å²) in [5, 5.41) is 0. The van der Waals surface area contributed by atoms with E-state index in [1.54, 1.807) is 25.3 Å². The topological polar surface area (TPSA) is 61.5 Å². The van der Waals surface area contributed by atoms with E-state index in [4.69, 9.17) is 15.2 Å². The molecule has 0 atom stereocenters.